The molecule has 3 saturated heterocycles. The van der Waals surface area contributed by atoms with Crippen LogP contribution in [0.3, 0.4) is 0 Å². The molecule has 2 amide bonds. The van der Waals surface area contributed by atoms with E-state index in [0.717, 1.165) is 44.3 Å². The first-order chi connectivity index (χ1) is 13.2. The molecule has 3 aliphatic rings. The summed E-state index contributed by atoms with van der Waals surface area (Å²) in [5, 5.41) is 6.72. The Morgan fingerprint density at radius 2 is 1.74 bits per heavy atom. The van der Waals surface area contributed by atoms with Crippen LogP contribution in [0.25, 0.3) is 0 Å². The van der Waals surface area contributed by atoms with Gasteiger partial charge in [-0.2, -0.15) is 0 Å². The van der Waals surface area contributed by atoms with Gasteiger partial charge in [-0.1, -0.05) is 30.3 Å². The van der Waals surface area contributed by atoms with E-state index in [2.05, 4.69) is 10.6 Å². The van der Waals surface area contributed by atoms with Gasteiger partial charge in [-0.05, 0) is 50.0 Å². The smallest absolute Gasteiger partial charge is 0.245 e. The van der Waals surface area contributed by atoms with Gasteiger partial charge in [0.2, 0.25) is 11.8 Å². The number of amides is 2. The van der Waals surface area contributed by atoms with Gasteiger partial charge in [0.15, 0.2) is 0 Å². The van der Waals surface area contributed by atoms with Crippen molar-refractivity contribution in [2.75, 3.05) is 13.1 Å². The standard InChI is InChI=1S/C22H31N3O2/c26-21(15-17-12-18-8-9-19(13-17)23-18)24-20(14-16-6-2-1-3-7-16)22(27)25-10-4-5-11-25/h1-3,6-7,17-20,23H,4-5,8-15H2,(H,24,26). The van der Waals surface area contributed by atoms with Crippen LogP contribution in [0.15, 0.2) is 30.3 Å². The summed E-state index contributed by atoms with van der Waals surface area (Å²) in [6, 6.07) is 10.7. The Kier molecular flexibility index (Phi) is 5.77. The lowest BCUT2D eigenvalue weighted by atomic mass is 9.89. The quantitative estimate of drug-likeness (QED) is 0.809. The number of piperidine rings is 1. The van der Waals surface area contributed by atoms with E-state index in [4.69, 9.17) is 0 Å². The Bertz CT molecular complexity index is 645. The molecular weight excluding hydrogens is 338 g/mol. The van der Waals surface area contributed by atoms with E-state index in [9.17, 15) is 9.59 Å². The monoisotopic (exact) mass is 369 g/mol. The van der Waals surface area contributed by atoms with Crippen molar-refractivity contribution >= 4 is 11.8 Å². The Balaban J connectivity index is 1.38. The SMILES string of the molecule is O=C(CC1CC2CCC(C1)N2)NC(Cc1ccccc1)C(=O)N1CCCC1. The van der Waals surface area contributed by atoms with E-state index in [1.807, 2.05) is 35.2 Å². The molecule has 146 valence electrons. The average Bonchev–Trinajstić information content (AvgIpc) is 3.31. The van der Waals surface area contributed by atoms with Crippen LogP contribution in [-0.2, 0) is 16.0 Å². The van der Waals surface area contributed by atoms with Crippen molar-refractivity contribution in [1.29, 1.82) is 0 Å². The summed E-state index contributed by atoms with van der Waals surface area (Å²) in [4.78, 5) is 27.7. The van der Waals surface area contributed by atoms with Crippen LogP contribution in [0.2, 0.25) is 0 Å². The fourth-order valence-corrected chi connectivity index (χ4v) is 5.07. The summed E-state index contributed by atoms with van der Waals surface area (Å²) >= 11 is 0. The molecule has 5 nitrogen and oxygen atoms in total. The highest BCUT2D eigenvalue weighted by Crippen LogP contribution is 2.32. The predicted octanol–water partition coefficient (Wildman–Crippen LogP) is 2.26. The van der Waals surface area contributed by atoms with Crippen LogP contribution in [0, 0.1) is 5.92 Å². The van der Waals surface area contributed by atoms with Gasteiger partial charge in [-0.3, -0.25) is 9.59 Å². The second kappa shape index (κ2) is 8.42. The van der Waals surface area contributed by atoms with Crippen molar-refractivity contribution in [2.45, 2.75) is 69.5 Å². The number of likely N-dealkylation sites (tertiary alicyclic amines) is 1. The molecule has 3 unspecified atom stereocenters. The van der Waals surface area contributed by atoms with Gasteiger partial charge in [-0.25, -0.2) is 0 Å². The molecule has 0 aromatic heterocycles. The molecule has 4 rings (SSSR count). The highest BCUT2D eigenvalue weighted by Gasteiger charge is 2.35. The molecule has 1 aromatic carbocycles. The predicted molar refractivity (Wildman–Crippen MR) is 105 cm³/mol. The van der Waals surface area contributed by atoms with Crippen LogP contribution in [0.4, 0.5) is 0 Å². The number of rotatable bonds is 6. The summed E-state index contributed by atoms with van der Waals surface area (Å²) < 4.78 is 0. The van der Waals surface area contributed by atoms with E-state index in [-0.39, 0.29) is 11.8 Å². The topological polar surface area (TPSA) is 61.4 Å². The zero-order valence-electron chi connectivity index (χ0n) is 16.0. The van der Waals surface area contributed by atoms with Gasteiger partial charge in [0.25, 0.3) is 0 Å². The van der Waals surface area contributed by atoms with Crippen molar-refractivity contribution in [2.24, 2.45) is 5.92 Å². The second-order valence-electron chi connectivity index (χ2n) is 8.52. The van der Waals surface area contributed by atoms with E-state index in [0.29, 0.717) is 30.8 Å². The molecular formula is C22H31N3O2. The second-order valence-corrected chi connectivity index (χ2v) is 8.52. The van der Waals surface area contributed by atoms with Gasteiger partial charge in [0.1, 0.15) is 6.04 Å². The lowest BCUT2D eigenvalue weighted by Gasteiger charge is -2.29. The molecule has 3 aliphatic heterocycles. The third-order valence-electron chi connectivity index (χ3n) is 6.38. The van der Waals surface area contributed by atoms with Gasteiger partial charge in [0.05, 0.1) is 0 Å². The minimum atomic E-state index is -0.448. The van der Waals surface area contributed by atoms with Crippen molar-refractivity contribution in [3.8, 4) is 0 Å². The Labute approximate surface area is 161 Å². The highest BCUT2D eigenvalue weighted by atomic mass is 16.2. The Morgan fingerprint density at radius 3 is 2.41 bits per heavy atom. The summed E-state index contributed by atoms with van der Waals surface area (Å²) in [5.41, 5.74) is 1.09. The molecule has 27 heavy (non-hydrogen) atoms. The third kappa shape index (κ3) is 4.70. The number of carbonyl (C=O) groups excluding carboxylic acids is 2. The summed E-state index contributed by atoms with van der Waals surface area (Å²) in [6.45, 7) is 1.63. The normalized spacial score (nSPS) is 28.1. The number of hydrogen-bond donors (Lipinski definition) is 2. The lowest BCUT2D eigenvalue weighted by molar-refractivity contribution is -0.135. The summed E-state index contributed by atoms with van der Waals surface area (Å²) in [7, 11) is 0. The first-order valence-electron chi connectivity index (χ1n) is 10.6. The number of benzene rings is 1. The maximum absolute atomic E-state index is 13.0. The molecule has 0 spiro atoms. The minimum absolute atomic E-state index is 0.0368. The fraction of sp³-hybridized carbons (Fsp3) is 0.636. The van der Waals surface area contributed by atoms with E-state index >= 15 is 0 Å². The van der Waals surface area contributed by atoms with Gasteiger partial charge >= 0.3 is 0 Å². The van der Waals surface area contributed by atoms with Crippen LogP contribution in [-0.4, -0.2) is 47.9 Å². The third-order valence-corrected chi connectivity index (χ3v) is 6.38. The Hall–Kier alpha value is -1.88. The molecule has 1 aromatic rings. The van der Waals surface area contributed by atoms with Gasteiger partial charge < -0.3 is 15.5 Å². The van der Waals surface area contributed by atoms with E-state index < -0.39 is 6.04 Å². The van der Waals surface area contributed by atoms with Crippen LogP contribution in [0.1, 0.15) is 50.5 Å². The van der Waals surface area contributed by atoms with Gasteiger partial charge in [0, 0.05) is 38.0 Å². The molecule has 3 atom stereocenters. The molecule has 0 saturated carbocycles. The first-order valence-corrected chi connectivity index (χ1v) is 10.6. The largest absolute Gasteiger partial charge is 0.344 e. The number of carbonyl (C=O) groups is 2. The summed E-state index contributed by atoms with van der Waals surface area (Å²) in [6.07, 6.45) is 7.91. The lowest BCUT2D eigenvalue weighted by Crippen LogP contribution is -2.49. The summed E-state index contributed by atoms with van der Waals surface area (Å²) in [5.74, 6) is 0.563. The molecule has 2 N–H and O–H groups in total. The molecule has 5 heteroatoms. The molecule has 2 bridgehead atoms. The molecule has 3 fully saturated rings. The van der Waals surface area contributed by atoms with E-state index in [1.165, 1.54) is 12.8 Å². The van der Waals surface area contributed by atoms with Crippen LogP contribution < -0.4 is 10.6 Å². The van der Waals surface area contributed by atoms with Crippen molar-refractivity contribution in [3.05, 3.63) is 35.9 Å². The van der Waals surface area contributed by atoms with Crippen molar-refractivity contribution in [1.82, 2.24) is 15.5 Å². The van der Waals surface area contributed by atoms with Crippen LogP contribution in [0.5, 0.6) is 0 Å². The average molecular weight is 370 g/mol. The fourth-order valence-electron chi connectivity index (χ4n) is 5.07. The highest BCUT2D eigenvalue weighted by molar-refractivity contribution is 5.88. The maximum atomic E-state index is 13.0. The maximum Gasteiger partial charge on any atom is 0.245 e. The van der Waals surface area contributed by atoms with Gasteiger partial charge in [-0.15, -0.1) is 0 Å². The van der Waals surface area contributed by atoms with Crippen LogP contribution >= 0.6 is 0 Å². The molecule has 0 radical (unpaired) electrons. The number of fused-ring (bicyclic) bond motifs is 2. The van der Waals surface area contributed by atoms with Crippen molar-refractivity contribution < 1.29 is 9.59 Å². The number of nitrogens with one attached hydrogen (secondary N) is 2. The Morgan fingerprint density at radius 1 is 1.07 bits per heavy atom. The zero-order chi connectivity index (χ0) is 18.6. The number of nitrogens with zero attached hydrogens (tertiary/aromatic N) is 1. The first kappa shape index (κ1) is 18.5. The molecule has 3 heterocycles. The zero-order valence-corrected chi connectivity index (χ0v) is 16.0. The van der Waals surface area contributed by atoms with Crippen molar-refractivity contribution in [3.63, 3.8) is 0 Å². The van der Waals surface area contributed by atoms with E-state index in [1.54, 1.807) is 0 Å². The molecule has 0 aliphatic carbocycles. The number of hydrogen-bond acceptors (Lipinski definition) is 3. The minimum Gasteiger partial charge on any atom is -0.344 e.